The molecule has 0 unspecified atom stereocenters. The Kier molecular flexibility index (Phi) is 4.33. The summed E-state index contributed by atoms with van der Waals surface area (Å²) in [6, 6.07) is 10.4. The van der Waals surface area contributed by atoms with E-state index in [0.29, 0.717) is 22.9 Å². The molecule has 0 atom stereocenters. The minimum Gasteiger partial charge on any atom is -0.437 e. The van der Waals surface area contributed by atoms with Gasteiger partial charge in [0.2, 0.25) is 5.88 Å². The molecule has 2 heterocycles. The van der Waals surface area contributed by atoms with E-state index >= 15 is 0 Å². The molecule has 26 heavy (non-hydrogen) atoms. The fourth-order valence-corrected chi connectivity index (χ4v) is 2.46. The molecule has 8 heteroatoms. The maximum absolute atomic E-state index is 12.0. The molecular formula is C18H12N6O2. The summed E-state index contributed by atoms with van der Waals surface area (Å²) in [4.78, 5) is 22.5. The number of anilines is 1. The van der Waals surface area contributed by atoms with Crippen LogP contribution in [0.1, 0.15) is 16.8 Å². The number of aromatic nitrogens is 3. The normalized spacial score (nSPS) is 9.96. The van der Waals surface area contributed by atoms with E-state index in [-0.39, 0.29) is 22.5 Å². The number of hydrogen-bond acceptors (Lipinski definition) is 7. The molecule has 0 saturated carbocycles. The topological polar surface area (TPSA) is 141 Å². The molecule has 0 aliphatic heterocycles. The van der Waals surface area contributed by atoms with E-state index < -0.39 is 5.56 Å². The van der Waals surface area contributed by atoms with Crippen LogP contribution in [0.25, 0.3) is 11.1 Å². The summed E-state index contributed by atoms with van der Waals surface area (Å²) in [6.45, 7) is 1.79. The van der Waals surface area contributed by atoms with Crippen LogP contribution in [0, 0.1) is 29.6 Å². The predicted molar refractivity (Wildman–Crippen MR) is 93.2 cm³/mol. The third-order valence-electron chi connectivity index (χ3n) is 3.55. The first kappa shape index (κ1) is 16.7. The molecule has 126 valence electrons. The Morgan fingerprint density at radius 3 is 2.65 bits per heavy atom. The minimum absolute atomic E-state index is 0.0219. The molecule has 0 amide bonds. The second-order valence-electron chi connectivity index (χ2n) is 5.34. The van der Waals surface area contributed by atoms with Crippen molar-refractivity contribution in [1.82, 2.24) is 15.0 Å². The van der Waals surface area contributed by atoms with Crippen molar-refractivity contribution in [3.63, 3.8) is 0 Å². The van der Waals surface area contributed by atoms with E-state index in [1.807, 2.05) is 12.1 Å². The third-order valence-corrected chi connectivity index (χ3v) is 3.55. The van der Waals surface area contributed by atoms with Crippen molar-refractivity contribution >= 4 is 5.82 Å². The molecule has 0 spiro atoms. The highest BCUT2D eigenvalue weighted by Gasteiger charge is 2.18. The molecule has 0 aliphatic carbocycles. The van der Waals surface area contributed by atoms with Gasteiger partial charge in [0.25, 0.3) is 5.56 Å². The van der Waals surface area contributed by atoms with Gasteiger partial charge in [-0.2, -0.15) is 10.5 Å². The van der Waals surface area contributed by atoms with Gasteiger partial charge in [-0.3, -0.25) is 9.78 Å². The highest BCUT2D eigenvalue weighted by molar-refractivity contribution is 5.80. The largest absolute Gasteiger partial charge is 0.437 e. The number of nitrogens with zero attached hydrogens (tertiary/aromatic N) is 4. The fourth-order valence-electron chi connectivity index (χ4n) is 2.46. The van der Waals surface area contributed by atoms with Gasteiger partial charge in [-0.15, -0.1) is 0 Å². The Balaban J connectivity index is 2.14. The first-order chi connectivity index (χ1) is 12.5. The molecule has 2 aromatic heterocycles. The minimum atomic E-state index is -0.658. The molecule has 0 radical (unpaired) electrons. The van der Waals surface area contributed by atoms with Crippen LogP contribution in [0.5, 0.6) is 11.6 Å². The summed E-state index contributed by atoms with van der Waals surface area (Å²) in [7, 11) is 0. The Labute approximate surface area is 148 Å². The van der Waals surface area contributed by atoms with Gasteiger partial charge < -0.3 is 15.5 Å². The molecule has 8 nitrogen and oxygen atoms in total. The lowest BCUT2D eigenvalue weighted by atomic mass is 9.96. The number of pyridine rings is 1. The summed E-state index contributed by atoms with van der Waals surface area (Å²) in [5.41, 5.74) is 6.22. The number of nitrogen functional groups attached to an aromatic ring is 1. The van der Waals surface area contributed by atoms with Crippen molar-refractivity contribution in [2.24, 2.45) is 0 Å². The van der Waals surface area contributed by atoms with Gasteiger partial charge in [-0.1, -0.05) is 12.1 Å². The van der Waals surface area contributed by atoms with Crippen LogP contribution < -0.4 is 16.0 Å². The van der Waals surface area contributed by atoms with Gasteiger partial charge in [0.1, 0.15) is 34.8 Å². The van der Waals surface area contributed by atoms with E-state index in [1.54, 1.807) is 37.4 Å². The fraction of sp³-hybridized carbons (Fsp3) is 0.0556. The standard InChI is InChI=1S/C18H12N6O2/c1-10-8-22-9-15(23-10)26-12-4-2-3-11(5-12)16-13(6-19)17(21)24-18(25)14(16)7-20/h2-5,8-9H,1H3,(H3,21,24,25). The Morgan fingerprint density at radius 2 is 1.96 bits per heavy atom. The van der Waals surface area contributed by atoms with Crippen LogP contribution in [-0.4, -0.2) is 15.0 Å². The van der Waals surface area contributed by atoms with Crippen molar-refractivity contribution in [1.29, 1.82) is 10.5 Å². The molecule has 0 saturated heterocycles. The Morgan fingerprint density at radius 1 is 1.19 bits per heavy atom. The van der Waals surface area contributed by atoms with Crippen LogP contribution in [0.15, 0.2) is 41.5 Å². The smallest absolute Gasteiger partial charge is 0.268 e. The monoisotopic (exact) mass is 344 g/mol. The number of aryl methyl sites for hydroxylation is 1. The molecular weight excluding hydrogens is 332 g/mol. The lowest BCUT2D eigenvalue weighted by Crippen LogP contribution is -2.16. The zero-order valence-electron chi connectivity index (χ0n) is 13.6. The number of H-pyrrole nitrogens is 1. The quantitative estimate of drug-likeness (QED) is 0.742. The summed E-state index contributed by atoms with van der Waals surface area (Å²) in [5, 5.41) is 18.7. The van der Waals surface area contributed by atoms with Crippen molar-refractivity contribution in [2.75, 3.05) is 5.73 Å². The Hall–Kier alpha value is -4.17. The summed E-state index contributed by atoms with van der Waals surface area (Å²) in [5.74, 6) is 0.616. The first-order valence-corrected chi connectivity index (χ1v) is 7.46. The summed E-state index contributed by atoms with van der Waals surface area (Å²) >= 11 is 0. The molecule has 0 fully saturated rings. The van der Waals surface area contributed by atoms with E-state index in [9.17, 15) is 15.3 Å². The molecule has 0 aliphatic rings. The van der Waals surface area contributed by atoms with Crippen molar-refractivity contribution in [2.45, 2.75) is 6.92 Å². The van der Waals surface area contributed by atoms with Gasteiger partial charge in [0.05, 0.1) is 11.9 Å². The second kappa shape index (κ2) is 6.75. The van der Waals surface area contributed by atoms with Crippen LogP contribution in [0.4, 0.5) is 5.82 Å². The predicted octanol–water partition coefficient (Wildman–Crippen LogP) is 2.26. The van der Waals surface area contributed by atoms with Crippen molar-refractivity contribution in [3.8, 4) is 34.9 Å². The number of nitriles is 2. The van der Waals surface area contributed by atoms with Gasteiger partial charge in [0, 0.05) is 11.8 Å². The average molecular weight is 344 g/mol. The maximum atomic E-state index is 12.0. The van der Waals surface area contributed by atoms with Crippen LogP contribution in [-0.2, 0) is 0 Å². The zero-order valence-corrected chi connectivity index (χ0v) is 13.6. The molecule has 3 aromatic rings. The number of rotatable bonds is 3. The first-order valence-electron chi connectivity index (χ1n) is 7.46. The highest BCUT2D eigenvalue weighted by Crippen LogP contribution is 2.31. The van der Waals surface area contributed by atoms with Crippen molar-refractivity contribution < 1.29 is 4.74 Å². The SMILES string of the molecule is Cc1cncc(Oc2cccc(-c3c(C#N)c(N)[nH]c(=O)c3C#N)c2)n1. The molecule has 3 N–H and O–H groups in total. The summed E-state index contributed by atoms with van der Waals surface area (Å²) in [6.07, 6.45) is 3.06. The van der Waals surface area contributed by atoms with Crippen LogP contribution >= 0.6 is 0 Å². The zero-order chi connectivity index (χ0) is 18.7. The number of benzene rings is 1. The highest BCUT2D eigenvalue weighted by atomic mass is 16.5. The van der Waals surface area contributed by atoms with Crippen LogP contribution in [0.3, 0.4) is 0 Å². The number of nitrogens with two attached hydrogens (primary N) is 1. The van der Waals surface area contributed by atoms with Gasteiger partial charge in [-0.05, 0) is 24.6 Å². The number of nitrogens with one attached hydrogen (secondary N) is 1. The Bertz CT molecular complexity index is 1140. The average Bonchev–Trinajstić information content (AvgIpc) is 2.61. The van der Waals surface area contributed by atoms with E-state index in [0.717, 1.165) is 0 Å². The third kappa shape index (κ3) is 3.07. The number of hydrogen-bond donors (Lipinski definition) is 2. The van der Waals surface area contributed by atoms with Crippen molar-refractivity contribution in [3.05, 3.63) is 63.8 Å². The van der Waals surface area contributed by atoms with Gasteiger partial charge >= 0.3 is 0 Å². The molecule has 0 bridgehead atoms. The van der Waals surface area contributed by atoms with Crippen LogP contribution in [0.2, 0.25) is 0 Å². The van der Waals surface area contributed by atoms with E-state index in [4.69, 9.17) is 10.5 Å². The lowest BCUT2D eigenvalue weighted by Gasteiger charge is -2.10. The second-order valence-corrected chi connectivity index (χ2v) is 5.34. The summed E-state index contributed by atoms with van der Waals surface area (Å²) < 4.78 is 5.67. The number of ether oxygens (including phenoxy) is 1. The van der Waals surface area contributed by atoms with E-state index in [1.165, 1.54) is 6.20 Å². The van der Waals surface area contributed by atoms with E-state index in [2.05, 4.69) is 15.0 Å². The number of aromatic amines is 1. The lowest BCUT2D eigenvalue weighted by molar-refractivity contribution is 0.459. The molecule has 1 aromatic carbocycles. The maximum Gasteiger partial charge on any atom is 0.268 e. The van der Waals surface area contributed by atoms with Gasteiger partial charge in [-0.25, -0.2) is 4.98 Å². The van der Waals surface area contributed by atoms with Gasteiger partial charge in [0.15, 0.2) is 0 Å². The molecule has 3 rings (SSSR count).